The molecule has 3 aliphatic rings. The number of allylic oxidation sites excluding steroid dienone is 5. The van der Waals surface area contributed by atoms with Crippen LogP contribution in [0, 0.1) is 5.92 Å². The lowest BCUT2D eigenvalue weighted by atomic mass is 9.53. The molecule has 1 fully saturated rings. The van der Waals surface area contributed by atoms with Gasteiger partial charge in [-0.1, -0.05) is 50.0 Å². The van der Waals surface area contributed by atoms with Crippen molar-refractivity contribution in [1.29, 1.82) is 0 Å². The molecule has 1 aromatic rings. The molecule has 0 aromatic carbocycles. The summed E-state index contributed by atoms with van der Waals surface area (Å²) in [6.45, 7) is 3.45. The molecule has 1 amide bonds. The first kappa shape index (κ1) is 21.7. The lowest BCUT2D eigenvalue weighted by molar-refractivity contribution is -0.117. The molecule has 1 aliphatic carbocycles. The van der Waals surface area contributed by atoms with E-state index in [-0.39, 0.29) is 42.1 Å². The molecule has 162 valence electrons. The summed E-state index contributed by atoms with van der Waals surface area (Å²) < 4.78 is 28.2. The molecule has 0 saturated heterocycles. The molecule has 2 aliphatic heterocycles. The van der Waals surface area contributed by atoms with Gasteiger partial charge in [0.05, 0.1) is 16.8 Å². The number of hydrogen-bond acceptors (Lipinski definition) is 3. The minimum Gasteiger partial charge on any atom is -0.349 e. The van der Waals surface area contributed by atoms with E-state index in [2.05, 4.69) is 15.2 Å². The highest BCUT2D eigenvalue weighted by molar-refractivity contribution is 6.77. The Hall–Kier alpha value is -2.48. The van der Waals surface area contributed by atoms with Gasteiger partial charge in [-0.2, -0.15) is 0 Å². The van der Waals surface area contributed by atoms with Crippen LogP contribution in [0.2, 0.25) is 5.02 Å². The predicted molar refractivity (Wildman–Crippen MR) is 119 cm³/mol. The maximum absolute atomic E-state index is 14.1. The molecule has 1 unspecified atom stereocenters. The fraction of sp³-hybridized carbons (Fsp3) is 0.409. The number of nitrogens with zero attached hydrogens (tertiary/aromatic N) is 1. The molecule has 3 heterocycles. The molecule has 2 N–H and O–H groups in total. The van der Waals surface area contributed by atoms with Gasteiger partial charge in [-0.3, -0.25) is 9.59 Å². The average Bonchev–Trinajstić information content (AvgIpc) is 3.31. The van der Waals surface area contributed by atoms with Crippen LogP contribution in [-0.4, -0.2) is 41.7 Å². The molecule has 1 atom stereocenters. The number of Topliss-reactive ketones (excluding diaryl/α,β-unsaturated/α-hetero) is 1. The molecule has 5 nitrogen and oxygen atoms in total. The van der Waals surface area contributed by atoms with Crippen molar-refractivity contribution in [3.8, 4) is 0 Å². The van der Waals surface area contributed by atoms with Gasteiger partial charge in [-0.05, 0) is 24.4 Å². The number of alkyl halides is 2. The standard InChI is InChI=1S/C22H23BClF2N3O2/c1-12(2)20(30)13-6-8-23-15(9-13)14(11-27-23)19-16(24)10-17(28-19)21(31)29-18-5-3-4-7-22(18,25)26/h6,8-12,18,28H,3-5,7H2,1-2H3,(H,29,31). The van der Waals surface area contributed by atoms with Crippen LogP contribution >= 0.6 is 11.6 Å². The summed E-state index contributed by atoms with van der Waals surface area (Å²) in [6.07, 6.45) is 6.36. The van der Waals surface area contributed by atoms with E-state index in [1.54, 1.807) is 18.4 Å². The Kier molecular flexibility index (Phi) is 5.77. The van der Waals surface area contributed by atoms with Crippen LogP contribution < -0.4 is 5.32 Å². The third kappa shape index (κ3) is 4.18. The normalized spacial score (nSPS) is 22.1. The molecular formula is C22H23BClF2N3O2. The van der Waals surface area contributed by atoms with Crippen LogP contribution in [0.4, 0.5) is 8.78 Å². The SMILES string of the molecule is CC(C)C(=O)C1=CC2=C(c3[nH]c(C(=O)NC4CCCCC4(F)F)cc3Cl)C=NB2C=C1. The molecule has 0 bridgehead atoms. The second-order valence-corrected chi connectivity index (χ2v) is 8.92. The third-order valence-electron chi connectivity index (χ3n) is 5.92. The molecular weight excluding hydrogens is 423 g/mol. The van der Waals surface area contributed by atoms with Gasteiger partial charge in [0.1, 0.15) is 5.69 Å². The lowest BCUT2D eigenvalue weighted by Gasteiger charge is -2.31. The summed E-state index contributed by atoms with van der Waals surface area (Å²) in [5.74, 6) is -1.79. The van der Waals surface area contributed by atoms with E-state index in [1.165, 1.54) is 6.07 Å². The molecule has 0 spiro atoms. The molecule has 0 radical (unpaired) electrons. The number of hydrogen-bond donors (Lipinski definition) is 2. The van der Waals surface area contributed by atoms with Gasteiger partial charge >= 0.3 is 6.85 Å². The van der Waals surface area contributed by atoms with Crippen molar-refractivity contribution < 1.29 is 18.4 Å². The van der Waals surface area contributed by atoms with Gasteiger partial charge in [0.25, 0.3) is 11.8 Å². The van der Waals surface area contributed by atoms with Crippen LogP contribution in [0.5, 0.6) is 0 Å². The minimum absolute atomic E-state index is 0.0273. The third-order valence-corrected chi connectivity index (χ3v) is 6.22. The fourth-order valence-electron chi connectivity index (χ4n) is 4.15. The molecule has 9 heteroatoms. The number of carbonyl (C=O) groups is 2. The predicted octanol–water partition coefficient (Wildman–Crippen LogP) is 4.61. The Morgan fingerprint density at radius 2 is 2.13 bits per heavy atom. The van der Waals surface area contributed by atoms with Crippen LogP contribution in [0.1, 0.15) is 55.7 Å². The number of H-pyrrole nitrogens is 1. The van der Waals surface area contributed by atoms with Gasteiger partial charge < -0.3 is 15.2 Å². The van der Waals surface area contributed by atoms with Crippen molar-refractivity contribution >= 4 is 41.9 Å². The number of carbonyl (C=O) groups excluding carboxylic acids is 2. The highest BCUT2D eigenvalue weighted by Crippen LogP contribution is 2.35. The van der Waals surface area contributed by atoms with Gasteiger partial charge in [-0.15, -0.1) is 0 Å². The number of fused-ring (bicyclic) bond motifs is 1. The minimum atomic E-state index is -2.92. The van der Waals surface area contributed by atoms with E-state index in [0.717, 1.165) is 5.47 Å². The average molecular weight is 446 g/mol. The van der Waals surface area contributed by atoms with Crippen molar-refractivity contribution in [3.05, 3.63) is 51.6 Å². The van der Waals surface area contributed by atoms with Gasteiger partial charge in [0.15, 0.2) is 5.78 Å². The van der Waals surface area contributed by atoms with Crippen LogP contribution in [0.3, 0.4) is 0 Å². The summed E-state index contributed by atoms with van der Waals surface area (Å²) >= 11 is 6.39. The first-order chi connectivity index (χ1) is 14.7. The maximum atomic E-state index is 14.1. The summed E-state index contributed by atoms with van der Waals surface area (Å²) in [5.41, 5.74) is 2.66. The Morgan fingerprint density at radius 3 is 2.84 bits per heavy atom. The summed E-state index contributed by atoms with van der Waals surface area (Å²) in [6, 6.07) is 0.250. The number of aromatic amines is 1. The first-order valence-electron chi connectivity index (χ1n) is 10.5. The number of ketones is 1. The fourth-order valence-corrected chi connectivity index (χ4v) is 4.41. The highest BCUT2D eigenvalue weighted by atomic mass is 35.5. The van der Waals surface area contributed by atoms with Crippen molar-refractivity contribution in [2.75, 3.05) is 0 Å². The highest BCUT2D eigenvalue weighted by Gasteiger charge is 2.42. The Labute approximate surface area is 184 Å². The Morgan fingerprint density at radius 1 is 1.35 bits per heavy atom. The summed E-state index contributed by atoms with van der Waals surface area (Å²) in [5, 5.41) is 2.74. The van der Waals surface area contributed by atoms with E-state index >= 15 is 0 Å². The molecule has 1 saturated carbocycles. The van der Waals surface area contributed by atoms with Crippen molar-refractivity contribution in [2.24, 2.45) is 10.8 Å². The lowest BCUT2D eigenvalue weighted by Crippen LogP contribution is -2.49. The number of halogens is 3. The van der Waals surface area contributed by atoms with Crippen molar-refractivity contribution in [3.63, 3.8) is 0 Å². The first-order valence-corrected chi connectivity index (χ1v) is 10.8. The van der Waals surface area contributed by atoms with Crippen LogP contribution in [-0.2, 0) is 4.79 Å². The summed E-state index contributed by atoms with van der Waals surface area (Å²) in [4.78, 5) is 32.4. The smallest absolute Gasteiger partial charge is 0.337 e. The van der Waals surface area contributed by atoms with Crippen LogP contribution in [0.25, 0.3) is 5.57 Å². The van der Waals surface area contributed by atoms with Crippen molar-refractivity contribution in [2.45, 2.75) is 51.5 Å². The second-order valence-electron chi connectivity index (χ2n) is 8.51. The van der Waals surface area contributed by atoms with E-state index in [9.17, 15) is 18.4 Å². The quantitative estimate of drug-likeness (QED) is 0.650. The summed E-state index contributed by atoms with van der Waals surface area (Å²) in [7, 11) is 0. The number of amides is 1. The number of rotatable bonds is 5. The van der Waals surface area contributed by atoms with E-state index in [4.69, 9.17) is 11.6 Å². The molecule has 1 aromatic heterocycles. The largest absolute Gasteiger partial charge is 0.349 e. The van der Waals surface area contributed by atoms with Gasteiger partial charge in [-0.25, -0.2) is 8.78 Å². The number of nitrogens with one attached hydrogen (secondary N) is 2. The monoisotopic (exact) mass is 445 g/mol. The molecule has 4 rings (SSSR count). The van der Waals surface area contributed by atoms with Crippen molar-refractivity contribution in [1.82, 2.24) is 10.3 Å². The van der Waals surface area contributed by atoms with Crippen LogP contribution in [0.15, 0.2) is 40.1 Å². The van der Waals surface area contributed by atoms with E-state index < -0.39 is 17.9 Å². The van der Waals surface area contributed by atoms with E-state index in [0.29, 0.717) is 29.7 Å². The Balaban J connectivity index is 1.61. The zero-order chi connectivity index (χ0) is 22.3. The molecule has 31 heavy (non-hydrogen) atoms. The van der Waals surface area contributed by atoms with Gasteiger partial charge in [0.2, 0.25) is 0 Å². The zero-order valence-electron chi connectivity index (χ0n) is 17.3. The van der Waals surface area contributed by atoms with E-state index in [1.807, 2.05) is 19.8 Å². The second kappa shape index (κ2) is 8.22. The Bertz CT molecular complexity index is 1060. The number of aromatic nitrogens is 1. The maximum Gasteiger partial charge on any atom is 0.337 e. The van der Waals surface area contributed by atoms with Gasteiger partial charge in [0, 0.05) is 29.7 Å². The topological polar surface area (TPSA) is 74.3 Å². The zero-order valence-corrected chi connectivity index (χ0v) is 18.1.